The summed E-state index contributed by atoms with van der Waals surface area (Å²) in [5, 5.41) is 12.0. The number of carbonyl (C=O) groups excluding carboxylic acids is 1. The Morgan fingerprint density at radius 3 is 2.54 bits per heavy atom. The second-order valence-electron chi connectivity index (χ2n) is 8.68. The van der Waals surface area contributed by atoms with Gasteiger partial charge in [0, 0.05) is 43.7 Å². The van der Waals surface area contributed by atoms with Crippen LogP contribution < -0.4 is 5.11 Å². The number of hydrogen-bond acceptors (Lipinski definition) is 7. The van der Waals surface area contributed by atoms with Crippen LogP contribution in [-0.2, 0) is 55.6 Å². The van der Waals surface area contributed by atoms with E-state index in [0.29, 0.717) is 37.1 Å². The van der Waals surface area contributed by atoms with E-state index in [1.807, 2.05) is 6.92 Å². The van der Waals surface area contributed by atoms with Gasteiger partial charge in [0.25, 0.3) is 0 Å². The Kier molecular flexibility index (Phi) is 14.9. The van der Waals surface area contributed by atoms with Gasteiger partial charge in [-0.25, -0.2) is 4.39 Å². The predicted octanol–water partition coefficient (Wildman–Crippen LogP) is 2.22. The van der Waals surface area contributed by atoms with Gasteiger partial charge >= 0.3 is 20.1 Å². The van der Waals surface area contributed by atoms with Crippen LogP contribution in [-0.4, -0.2) is 77.8 Å². The van der Waals surface area contributed by atoms with Crippen LogP contribution in [0.1, 0.15) is 44.6 Å². The van der Waals surface area contributed by atoms with Crippen molar-refractivity contribution in [3.05, 3.63) is 41.2 Å². The standard InChI is InChI=1S/C25H36FN3O2S2.O.Tc/c1-2-23(30)25-21(18-4-6-19(26)7-5-18)16-20-8-9-22(25)29(20)12-3-11-28(13-15-33)17-24(31)27-10-14-32;;/h4-7,20,22,32-33H,2-3,8-17H2,1H3,(H,27,31);;/q;-2;+5/p-3. The molecule has 6 nitrogen and oxygen atoms in total. The molecule has 0 aromatic heterocycles. The van der Waals surface area contributed by atoms with Gasteiger partial charge in [-0.15, -0.1) is 0 Å². The van der Waals surface area contributed by atoms with E-state index < -0.39 is 0 Å². The molecule has 3 rings (SSSR count). The summed E-state index contributed by atoms with van der Waals surface area (Å²) < 4.78 is 13.5. The van der Waals surface area contributed by atoms with Gasteiger partial charge in [0.15, 0.2) is 5.78 Å². The van der Waals surface area contributed by atoms with Crippen molar-refractivity contribution < 1.29 is 39.9 Å². The number of halogens is 1. The third-order valence-electron chi connectivity index (χ3n) is 6.59. The van der Waals surface area contributed by atoms with Crippen molar-refractivity contribution in [1.29, 1.82) is 0 Å². The molecular formula is C25H33FN3O3S2Tc. The van der Waals surface area contributed by atoms with Gasteiger partial charge in [0.1, 0.15) is 5.82 Å². The van der Waals surface area contributed by atoms with Crippen LogP contribution in [0.4, 0.5) is 4.39 Å². The molecule has 0 saturated carbocycles. The summed E-state index contributed by atoms with van der Waals surface area (Å²) >= 11 is 10.00. The number of hydrogen-bond donors (Lipinski definition) is 0. The Hall–Kier alpha value is -0.741. The number of Topliss-reactive ketones (excluding diaryl/α,β-unsaturated/α-hetero) is 1. The van der Waals surface area contributed by atoms with Crippen molar-refractivity contribution in [2.75, 3.05) is 44.2 Å². The fourth-order valence-corrected chi connectivity index (χ4v) is 5.46. The third kappa shape index (κ3) is 8.66. The molecule has 1 aromatic carbocycles. The molecule has 2 bridgehead atoms. The first-order valence-electron chi connectivity index (χ1n) is 11.8. The Balaban J connectivity index is 0.00000306. The van der Waals surface area contributed by atoms with Crippen molar-refractivity contribution in [3.63, 3.8) is 0 Å². The van der Waals surface area contributed by atoms with E-state index in [4.69, 9.17) is 25.3 Å². The smallest absolute Gasteiger partial charge is 2.00 e. The zero-order valence-corrected chi connectivity index (χ0v) is 23.6. The van der Waals surface area contributed by atoms with Crippen LogP contribution in [0.15, 0.2) is 34.8 Å². The quantitative estimate of drug-likeness (QED) is 0.195. The zero-order chi connectivity index (χ0) is 23.8. The minimum atomic E-state index is -0.262. The van der Waals surface area contributed by atoms with Crippen LogP contribution in [0, 0.1) is 5.82 Å². The summed E-state index contributed by atoms with van der Waals surface area (Å²) in [5.41, 5.74) is 2.97. The Morgan fingerprint density at radius 1 is 1.20 bits per heavy atom. The molecule has 1 fully saturated rings. The third-order valence-corrected chi connectivity index (χ3v) is 6.96. The first-order valence-corrected chi connectivity index (χ1v) is 13.0. The van der Waals surface area contributed by atoms with Crippen LogP contribution >= 0.6 is 0 Å². The summed E-state index contributed by atoms with van der Waals surface area (Å²) in [6.45, 7) is 4.91. The number of carbonyl (C=O) groups is 1. The molecule has 2 unspecified atom stereocenters. The number of nitrogens with zero attached hydrogens (tertiary/aromatic N) is 3. The Morgan fingerprint density at radius 2 is 1.91 bits per heavy atom. The Labute approximate surface area is 232 Å². The maximum atomic E-state index is 13.5. The van der Waals surface area contributed by atoms with Gasteiger partial charge in [-0.1, -0.05) is 19.1 Å². The van der Waals surface area contributed by atoms with Crippen molar-refractivity contribution in [1.82, 2.24) is 9.80 Å². The summed E-state index contributed by atoms with van der Waals surface area (Å²) in [5.74, 6) is 0.816. The van der Waals surface area contributed by atoms with Gasteiger partial charge in [-0.2, -0.15) is 11.5 Å². The molecule has 2 aliphatic rings. The van der Waals surface area contributed by atoms with Gasteiger partial charge in [0.05, 0.1) is 0 Å². The molecule has 35 heavy (non-hydrogen) atoms. The SMILES string of the molecule is CCC(=O)C1=C(c2ccc(F)cc2)CC2CCC1N2CCCN(CC[S-])CC([O-])=NCC[S-].[O-2].[Tc+5]. The van der Waals surface area contributed by atoms with E-state index >= 15 is 0 Å². The summed E-state index contributed by atoms with van der Waals surface area (Å²) in [7, 11) is 0. The molecule has 2 aliphatic heterocycles. The molecule has 0 aliphatic carbocycles. The zero-order valence-electron chi connectivity index (χ0n) is 20.1. The van der Waals surface area contributed by atoms with Gasteiger partial charge < -0.3 is 45.7 Å². The van der Waals surface area contributed by atoms with Gasteiger partial charge in [-0.3, -0.25) is 9.69 Å². The largest absolute Gasteiger partial charge is 5.00 e. The molecular weight excluding hydrogens is 571 g/mol. The van der Waals surface area contributed by atoms with E-state index in [1.54, 1.807) is 12.1 Å². The topological polar surface area (TPSA) is 87.5 Å². The molecule has 2 atom stereocenters. The second kappa shape index (κ2) is 16.2. The predicted molar refractivity (Wildman–Crippen MR) is 135 cm³/mol. The molecule has 0 radical (unpaired) electrons. The summed E-state index contributed by atoms with van der Waals surface area (Å²) in [6.07, 6.45) is 4.22. The monoisotopic (exact) mass is 603 g/mol. The van der Waals surface area contributed by atoms with Crippen LogP contribution in [0.5, 0.6) is 0 Å². The first-order chi connectivity index (χ1) is 16.0. The molecule has 0 amide bonds. The van der Waals surface area contributed by atoms with E-state index in [0.717, 1.165) is 55.5 Å². The van der Waals surface area contributed by atoms with E-state index in [1.165, 1.54) is 12.1 Å². The minimum absolute atomic E-state index is 0. The number of rotatable bonds is 13. The van der Waals surface area contributed by atoms with E-state index in [-0.39, 0.29) is 55.7 Å². The van der Waals surface area contributed by atoms with Crippen molar-refractivity contribution >= 4 is 42.5 Å². The van der Waals surface area contributed by atoms with Gasteiger partial charge in [-0.05, 0) is 67.9 Å². The minimum Gasteiger partial charge on any atom is -2.00 e. The summed E-state index contributed by atoms with van der Waals surface area (Å²) in [6, 6.07) is 7.04. The molecule has 0 spiro atoms. The fourth-order valence-electron chi connectivity index (χ4n) is 5.11. The number of fused-ring (bicyclic) bond motifs is 2. The van der Waals surface area contributed by atoms with Crippen LogP contribution in [0.3, 0.4) is 0 Å². The molecule has 192 valence electrons. The molecule has 0 N–H and O–H groups in total. The van der Waals surface area contributed by atoms with E-state index in [2.05, 4.69) is 14.8 Å². The fraction of sp³-hybridized carbons (Fsp3) is 0.600. The maximum absolute atomic E-state index is 13.5. The normalized spacial score (nSPS) is 20.1. The van der Waals surface area contributed by atoms with E-state index in [9.17, 15) is 14.3 Å². The van der Waals surface area contributed by atoms with Gasteiger partial charge in [0.2, 0.25) is 0 Å². The maximum Gasteiger partial charge on any atom is 5.00 e. The molecule has 1 aromatic rings. The van der Waals surface area contributed by atoms with Crippen molar-refractivity contribution in [2.24, 2.45) is 4.99 Å². The average molecular weight is 605 g/mol. The second-order valence-corrected chi connectivity index (χ2v) is 9.49. The molecule has 1 saturated heterocycles. The Bertz CT molecular complexity index is 870. The van der Waals surface area contributed by atoms with Crippen molar-refractivity contribution in [2.45, 2.75) is 51.1 Å². The first kappa shape index (κ1) is 32.3. The number of ketones is 1. The van der Waals surface area contributed by atoms with Crippen molar-refractivity contribution in [3.8, 4) is 0 Å². The van der Waals surface area contributed by atoms with Crippen LogP contribution in [0.2, 0.25) is 0 Å². The number of aliphatic imine (C=N–C) groups is 1. The van der Waals surface area contributed by atoms with Crippen LogP contribution in [0.25, 0.3) is 5.57 Å². The summed E-state index contributed by atoms with van der Waals surface area (Å²) in [4.78, 5) is 21.5. The average Bonchev–Trinajstić information content (AvgIpc) is 3.08. The number of benzene rings is 1. The molecule has 2 heterocycles. The molecule has 10 heteroatoms.